The van der Waals surface area contributed by atoms with E-state index in [0.29, 0.717) is 0 Å². The van der Waals surface area contributed by atoms with Crippen molar-refractivity contribution in [3.8, 4) is 0 Å². The lowest BCUT2D eigenvalue weighted by atomic mass is 10.2. The Morgan fingerprint density at radius 2 is 1.09 bits per heavy atom. The lowest BCUT2D eigenvalue weighted by Gasteiger charge is -2.33. The molecule has 0 N–H and O–H groups in total. The molecular formula is C47H55ClN6S2+2. The number of hydrogen-bond donors (Lipinski definition) is 0. The van der Waals surface area contributed by atoms with Crippen LogP contribution >= 0.6 is 22.7 Å². The molecule has 290 valence electrons. The average Bonchev–Trinajstić information content (AvgIpc) is 3.77. The van der Waals surface area contributed by atoms with Crippen molar-refractivity contribution in [1.82, 2.24) is 14.7 Å². The molecule has 0 amide bonds. The summed E-state index contributed by atoms with van der Waals surface area (Å²) in [6, 6.07) is 38.3. The van der Waals surface area contributed by atoms with Crippen LogP contribution in [0.4, 0.5) is 0 Å². The molecule has 1 saturated heterocycles. The number of fused-ring (bicyclic) bond motifs is 2. The molecule has 1 aliphatic heterocycles. The minimum absolute atomic E-state index is 0. The molecule has 4 aromatic carbocycles. The molecular weight excluding hydrogens is 748 g/mol. The minimum Gasteiger partial charge on any atom is -1.00 e. The van der Waals surface area contributed by atoms with Gasteiger partial charge in [0, 0.05) is 88.1 Å². The fraction of sp³-hybridized carbons (Fsp3) is 0.255. The molecule has 2 aromatic heterocycles. The van der Waals surface area contributed by atoms with E-state index in [9.17, 15) is 0 Å². The molecule has 0 unspecified atom stereocenters. The van der Waals surface area contributed by atoms with Crippen LogP contribution in [0.5, 0.6) is 0 Å². The third-order valence-corrected chi connectivity index (χ3v) is 11.8. The van der Waals surface area contributed by atoms with Crippen molar-refractivity contribution in [2.75, 3.05) is 40.3 Å². The van der Waals surface area contributed by atoms with E-state index in [1.54, 1.807) is 0 Å². The van der Waals surface area contributed by atoms with E-state index in [2.05, 4.69) is 209 Å². The van der Waals surface area contributed by atoms with Crippen molar-refractivity contribution < 1.29 is 26.1 Å². The molecule has 6 nitrogen and oxygen atoms in total. The molecule has 1 fully saturated rings. The Kier molecular flexibility index (Phi) is 16.5. The molecule has 3 heterocycles. The van der Waals surface area contributed by atoms with Crippen molar-refractivity contribution in [3.05, 3.63) is 167 Å². The number of halogens is 1. The number of piperazine rings is 1. The van der Waals surface area contributed by atoms with Crippen LogP contribution in [-0.2, 0) is 26.2 Å². The van der Waals surface area contributed by atoms with Gasteiger partial charge in [0.25, 0.3) is 10.0 Å². The highest BCUT2D eigenvalue weighted by molar-refractivity contribution is 7.19. The van der Waals surface area contributed by atoms with E-state index < -0.39 is 0 Å². The number of aryl methyl sites for hydroxylation is 2. The number of nitrogens with zero attached hydrogens (tertiary/aromatic N) is 6. The summed E-state index contributed by atoms with van der Waals surface area (Å²) in [5.41, 5.74) is 5.30. The van der Waals surface area contributed by atoms with Gasteiger partial charge in [-0.1, -0.05) is 114 Å². The van der Waals surface area contributed by atoms with Crippen LogP contribution in [0.15, 0.2) is 146 Å². The standard InChI is InChI=1S/C26H30N4S2.C21H25N2.ClH/c1-3-29-21-9-5-7-11-23(21)31-25(29)13-15-27-17-19-28(20-18-27)16-14-26-30(4-2)22-10-6-8-12-24(22)32-26;1-22(18-20-12-6-3-7-13-20)16-10-5-11-17-23(2)19-21-14-8-4-9-15-21;/h5-16H,3-4,17-20H2,1-2H3;3-17H,18-19H2,1-2H3;1H/q+2;+1;/p-1. The Morgan fingerprint density at radius 1 is 0.625 bits per heavy atom. The van der Waals surface area contributed by atoms with Gasteiger partial charge < -0.3 is 27.1 Å². The summed E-state index contributed by atoms with van der Waals surface area (Å²) in [6.07, 6.45) is 19.5. The van der Waals surface area contributed by atoms with Crippen LogP contribution in [-0.4, -0.2) is 65.8 Å². The van der Waals surface area contributed by atoms with Crippen molar-refractivity contribution >= 4 is 61.5 Å². The number of allylic oxidation sites excluding steroid dienone is 3. The molecule has 9 heteroatoms. The first kappa shape index (κ1) is 42.1. The van der Waals surface area contributed by atoms with Crippen molar-refractivity contribution in [2.45, 2.75) is 40.0 Å². The summed E-state index contributed by atoms with van der Waals surface area (Å²) in [5, 5.41) is 2.65. The molecule has 0 saturated carbocycles. The highest BCUT2D eigenvalue weighted by atomic mass is 35.5. The summed E-state index contributed by atoms with van der Waals surface area (Å²) in [7, 11) is 4.17. The Bertz CT molecular complexity index is 2150. The second kappa shape index (κ2) is 21.9. The predicted molar refractivity (Wildman–Crippen MR) is 235 cm³/mol. The maximum Gasteiger partial charge on any atom is 0.264 e. The van der Waals surface area contributed by atoms with Gasteiger partial charge in [-0.05, 0) is 43.8 Å². The number of thiazole rings is 2. The van der Waals surface area contributed by atoms with Crippen LogP contribution < -0.4 is 21.5 Å². The molecule has 0 bridgehead atoms. The van der Waals surface area contributed by atoms with Crippen molar-refractivity contribution in [1.29, 1.82) is 0 Å². The fourth-order valence-corrected chi connectivity index (χ4v) is 8.93. The Labute approximate surface area is 348 Å². The van der Waals surface area contributed by atoms with Gasteiger partial charge in [0.1, 0.15) is 29.5 Å². The van der Waals surface area contributed by atoms with Gasteiger partial charge in [-0.2, -0.15) is 9.13 Å². The van der Waals surface area contributed by atoms with Crippen LogP contribution in [0.3, 0.4) is 0 Å². The monoisotopic (exact) mass is 802 g/mol. The average molecular weight is 804 g/mol. The van der Waals surface area contributed by atoms with Gasteiger partial charge >= 0.3 is 0 Å². The molecule has 0 aliphatic carbocycles. The van der Waals surface area contributed by atoms with Gasteiger partial charge in [-0.25, -0.2) is 4.58 Å². The number of para-hydroxylation sites is 2. The molecule has 0 radical (unpaired) electrons. The summed E-state index contributed by atoms with van der Waals surface area (Å²) in [4.78, 5) is 7.06. The maximum atomic E-state index is 2.44. The molecule has 56 heavy (non-hydrogen) atoms. The maximum absolute atomic E-state index is 2.44. The summed E-state index contributed by atoms with van der Waals surface area (Å²) < 4.78 is 9.70. The number of benzene rings is 4. The largest absolute Gasteiger partial charge is 1.00 e. The Morgan fingerprint density at radius 3 is 1.59 bits per heavy atom. The first-order chi connectivity index (χ1) is 27.0. The van der Waals surface area contributed by atoms with E-state index >= 15 is 0 Å². The molecule has 6 aromatic rings. The smallest absolute Gasteiger partial charge is 0.264 e. The van der Waals surface area contributed by atoms with Gasteiger partial charge in [0.2, 0.25) is 11.0 Å². The third kappa shape index (κ3) is 12.0. The first-order valence-corrected chi connectivity index (χ1v) is 21.0. The van der Waals surface area contributed by atoms with E-state index in [4.69, 9.17) is 0 Å². The SMILES string of the molecule is CC[n+]1c(/C=C/N2CCN(/C=C/c3sc4ccccc4[n+]3CC)CC2)sc2ccccc21.CN(/C=C/C=C/C=[N+](C)Cc1ccccc1)Cc1ccccc1.[Cl-]. The quantitative estimate of drug-likeness (QED) is 0.0802. The molecule has 0 spiro atoms. The van der Waals surface area contributed by atoms with Gasteiger partial charge in [0.15, 0.2) is 12.8 Å². The minimum atomic E-state index is 0. The summed E-state index contributed by atoms with van der Waals surface area (Å²) in [5.74, 6) is 0. The highest BCUT2D eigenvalue weighted by Crippen LogP contribution is 2.23. The van der Waals surface area contributed by atoms with E-state index in [1.165, 1.54) is 41.6 Å². The van der Waals surface area contributed by atoms with Crippen LogP contribution in [0.2, 0.25) is 0 Å². The topological polar surface area (TPSA) is 20.5 Å². The zero-order valence-corrected chi connectivity index (χ0v) is 35.5. The first-order valence-electron chi connectivity index (χ1n) is 19.3. The fourth-order valence-electron chi connectivity index (χ4n) is 6.69. The van der Waals surface area contributed by atoms with E-state index in [0.717, 1.165) is 52.4 Å². The third-order valence-electron chi connectivity index (χ3n) is 9.56. The lowest BCUT2D eigenvalue weighted by Crippen LogP contribution is -3.00. The second-order valence-corrected chi connectivity index (χ2v) is 15.8. The van der Waals surface area contributed by atoms with Crippen molar-refractivity contribution in [2.24, 2.45) is 0 Å². The molecule has 7 rings (SSSR count). The summed E-state index contributed by atoms with van der Waals surface area (Å²) in [6.45, 7) is 12.5. The normalized spacial score (nSPS) is 13.7. The van der Waals surface area contributed by atoms with Gasteiger partial charge in [0.05, 0.1) is 0 Å². The summed E-state index contributed by atoms with van der Waals surface area (Å²) >= 11 is 3.75. The Hall–Kier alpha value is -5.02. The van der Waals surface area contributed by atoms with E-state index in [-0.39, 0.29) is 12.4 Å². The van der Waals surface area contributed by atoms with Crippen LogP contribution in [0.25, 0.3) is 32.6 Å². The predicted octanol–water partition coefficient (Wildman–Crippen LogP) is 6.10. The second-order valence-electron chi connectivity index (χ2n) is 13.7. The molecule has 1 aliphatic rings. The van der Waals surface area contributed by atoms with Crippen LogP contribution in [0, 0.1) is 0 Å². The number of aromatic nitrogens is 2. The molecule has 0 atom stereocenters. The van der Waals surface area contributed by atoms with Gasteiger partial charge in [-0.3, -0.25) is 0 Å². The van der Waals surface area contributed by atoms with Crippen molar-refractivity contribution in [3.63, 3.8) is 0 Å². The Balaban J connectivity index is 0.000000223. The number of rotatable bonds is 13. The van der Waals surface area contributed by atoms with Gasteiger partial charge in [-0.15, -0.1) is 0 Å². The zero-order chi connectivity index (χ0) is 38.2. The van der Waals surface area contributed by atoms with E-state index in [1.807, 2.05) is 34.8 Å². The number of hydrogen-bond acceptors (Lipinski definition) is 5. The lowest BCUT2D eigenvalue weighted by molar-refractivity contribution is -0.665. The highest BCUT2D eigenvalue weighted by Gasteiger charge is 2.19. The van der Waals surface area contributed by atoms with Crippen LogP contribution in [0.1, 0.15) is 35.0 Å². The zero-order valence-electron chi connectivity index (χ0n) is 33.1.